The van der Waals surface area contributed by atoms with E-state index in [2.05, 4.69) is 211 Å². The molecule has 0 aliphatic heterocycles. The molecule has 0 radical (unpaired) electrons. The van der Waals surface area contributed by atoms with Crippen LogP contribution in [-0.4, -0.2) is 0 Å². The van der Waals surface area contributed by atoms with Gasteiger partial charge in [0, 0.05) is 16.6 Å². The zero-order chi connectivity index (χ0) is 37.5. The van der Waals surface area contributed by atoms with Gasteiger partial charge in [-0.25, -0.2) is 0 Å². The lowest BCUT2D eigenvalue weighted by Gasteiger charge is -2.30. The van der Waals surface area contributed by atoms with Crippen LogP contribution in [0.4, 0.5) is 17.1 Å². The molecule has 2 heteroatoms. The van der Waals surface area contributed by atoms with E-state index in [9.17, 15) is 0 Å². The minimum Gasteiger partial charge on any atom is -0.456 e. The molecule has 0 saturated heterocycles. The van der Waals surface area contributed by atoms with Gasteiger partial charge in [-0.3, -0.25) is 0 Å². The van der Waals surface area contributed by atoms with E-state index in [1.54, 1.807) is 0 Å². The second-order valence-electron chi connectivity index (χ2n) is 15.2. The first-order valence-corrected chi connectivity index (χ1v) is 19.7. The maximum atomic E-state index is 6.42. The lowest BCUT2D eigenvalue weighted by atomic mass is 9.70. The zero-order valence-electron chi connectivity index (χ0n) is 31.1. The molecular weight excluding hydrogens is 691 g/mol. The highest BCUT2D eigenvalue weighted by atomic mass is 16.3. The van der Waals surface area contributed by atoms with Crippen molar-refractivity contribution in [2.24, 2.45) is 0 Å². The van der Waals surface area contributed by atoms with Crippen molar-refractivity contribution in [2.75, 3.05) is 4.90 Å². The van der Waals surface area contributed by atoms with Gasteiger partial charge in [0.2, 0.25) is 0 Å². The number of rotatable bonds is 5. The van der Waals surface area contributed by atoms with E-state index in [0.29, 0.717) is 0 Å². The summed E-state index contributed by atoms with van der Waals surface area (Å²) in [4.78, 5) is 2.40. The molecule has 10 aromatic rings. The van der Waals surface area contributed by atoms with Crippen molar-refractivity contribution < 1.29 is 4.42 Å². The predicted octanol–water partition coefficient (Wildman–Crippen LogP) is 14.7. The number of fused-ring (bicyclic) bond motifs is 13. The van der Waals surface area contributed by atoms with E-state index in [1.165, 1.54) is 61.2 Å². The molecule has 0 unspecified atom stereocenters. The summed E-state index contributed by atoms with van der Waals surface area (Å²) >= 11 is 0. The van der Waals surface area contributed by atoms with Crippen LogP contribution in [0.15, 0.2) is 217 Å². The summed E-state index contributed by atoms with van der Waals surface area (Å²) in [5.41, 5.74) is 20.0. The van der Waals surface area contributed by atoms with Gasteiger partial charge in [0.25, 0.3) is 0 Å². The molecule has 1 aromatic heterocycles. The number of nitrogens with zero attached hydrogens (tertiary/aromatic N) is 1. The molecule has 0 amide bonds. The van der Waals surface area contributed by atoms with E-state index < -0.39 is 0 Å². The van der Waals surface area contributed by atoms with Crippen LogP contribution in [0.2, 0.25) is 0 Å². The molecule has 0 bridgehead atoms. The van der Waals surface area contributed by atoms with Crippen molar-refractivity contribution in [1.29, 1.82) is 0 Å². The molecule has 9 aromatic carbocycles. The van der Waals surface area contributed by atoms with Crippen LogP contribution < -0.4 is 4.90 Å². The average Bonchev–Trinajstić information content (AvgIpc) is 3.92. The maximum absolute atomic E-state index is 6.42. The molecule has 266 valence electrons. The van der Waals surface area contributed by atoms with Crippen molar-refractivity contribution in [3.63, 3.8) is 0 Å². The summed E-state index contributed by atoms with van der Waals surface area (Å²) in [6.45, 7) is 0. The Morgan fingerprint density at radius 2 is 0.860 bits per heavy atom. The highest BCUT2D eigenvalue weighted by Crippen LogP contribution is 2.63. The summed E-state index contributed by atoms with van der Waals surface area (Å²) in [5.74, 6) is 0. The first kappa shape index (κ1) is 31.9. The Morgan fingerprint density at radius 3 is 1.56 bits per heavy atom. The van der Waals surface area contributed by atoms with Gasteiger partial charge >= 0.3 is 0 Å². The van der Waals surface area contributed by atoms with Crippen LogP contribution in [-0.2, 0) is 5.41 Å². The van der Waals surface area contributed by atoms with E-state index >= 15 is 0 Å². The van der Waals surface area contributed by atoms with Crippen LogP contribution in [0.5, 0.6) is 0 Å². The average molecular weight is 726 g/mol. The van der Waals surface area contributed by atoms with Gasteiger partial charge in [-0.15, -0.1) is 0 Å². The first-order chi connectivity index (χ1) is 28.3. The van der Waals surface area contributed by atoms with E-state index in [4.69, 9.17) is 4.42 Å². The lowest BCUT2D eigenvalue weighted by Crippen LogP contribution is -2.25. The number of hydrogen-bond donors (Lipinski definition) is 0. The summed E-state index contributed by atoms with van der Waals surface area (Å²) in [5, 5.41) is 2.20. The third-order valence-corrected chi connectivity index (χ3v) is 12.3. The van der Waals surface area contributed by atoms with Crippen LogP contribution in [0.1, 0.15) is 22.3 Å². The van der Waals surface area contributed by atoms with Gasteiger partial charge in [-0.05, 0) is 104 Å². The van der Waals surface area contributed by atoms with Gasteiger partial charge in [0.15, 0.2) is 0 Å². The Kier molecular flexibility index (Phi) is 6.88. The summed E-state index contributed by atoms with van der Waals surface area (Å²) in [7, 11) is 0. The topological polar surface area (TPSA) is 16.4 Å². The summed E-state index contributed by atoms with van der Waals surface area (Å²) < 4.78 is 6.42. The van der Waals surface area contributed by atoms with Crippen molar-refractivity contribution in [3.05, 3.63) is 235 Å². The molecule has 0 fully saturated rings. The molecule has 2 aliphatic rings. The van der Waals surface area contributed by atoms with Crippen LogP contribution in [0.3, 0.4) is 0 Å². The highest BCUT2D eigenvalue weighted by Gasteiger charge is 2.51. The van der Waals surface area contributed by atoms with Crippen molar-refractivity contribution in [1.82, 2.24) is 0 Å². The molecule has 0 saturated carbocycles. The molecule has 2 aliphatic carbocycles. The largest absolute Gasteiger partial charge is 0.456 e. The normalized spacial score (nSPS) is 13.1. The van der Waals surface area contributed by atoms with Crippen molar-refractivity contribution in [2.45, 2.75) is 5.41 Å². The standard InChI is InChI=1S/C55H35NO/c1-2-15-37(16-3-1)40-17-7-12-25-50(40)56(51-26-14-28-53-54(51)45-21-8-13-27-52(45)57-53)39-32-29-36(30-33-39)38-31-34-44-43-20-6-11-24-48(43)55(49(44)35-38)46-22-9-4-18-41(46)42-19-5-10-23-47(42)55/h1-35H. The summed E-state index contributed by atoms with van der Waals surface area (Å²) in [6, 6.07) is 77.4. The molecular formula is C55H35NO. The number of benzene rings is 9. The van der Waals surface area contributed by atoms with Crippen molar-refractivity contribution >= 4 is 39.0 Å². The molecule has 57 heavy (non-hydrogen) atoms. The summed E-state index contributed by atoms with van der Waals surface area (Å²) in [6.07, 6.45) is 0. The van der Waals surface area contributed by atoms with Crippen LogP contribution in [0.25, 0.3) is 66.4 Å². The fourth-order valence-electron chi connectivity index (χ4n) is 9.96. The quantitative estimate of drug-likeness (QED) is 0.176. The second-order valence-corrected chi connectivity index (χ2v) is 15.2. The van der Waals surface area contributed by atoms with Gasteiger partial charge in [-0.2, -0.15) is 0 Å². The zero-order valence-corrected chi connectivity index (χ0v) is 31.1. The van der Waals surface area contributed by atoms with E-state index in [0.717, 1.165) is 44.6 Å². The Balaban J connectivity index is 1.04. The number of furan rings is 1. The third-order valence-electron chi connectivity index (χ3n) is 12.3. The smallest absolute Gasteiger partial charge is 0.137 e. The van der Waals surface area contributed by atoms with Crippen LogP contribution >= 0.6 is 0 Å². The fraction of sp³-hybridized carbons (Fsp3) is 0.0182. The Morgan fingerprint density at radius 1 is 0.333 bits per heavy atom. The monoisotopic (exact) mass is 725 g/mol. The first-order valence-electron chi connectivity index (χ1n) is 19.7. The lowest BCUT2D eigenvalue weighted by molar-refractivity contribution is 0.669. The molecule has 0 atom stereocenters. The molecule has 12 rings (SSSR count). The maximum Gasteiger partial charge on any atom is 0.137 e. The number of hydrogen-bond acceptors (Lipinski definition) is 2. The Labute approximate surface area is 331 Å². The predicted molar refractivity (Wildman–Crippen MR) is 236 cm³/mol. The molecule has 1 spiro atoms. The van der Waals surface area contributed by atoms with Gasteiger partial charge in [0.1, 0.15) is 11.2 Å². The molecule has 0 N–H and O–H groups in total. The van der Waals surface area contributed by atoms with Crippen LogP contribution in [0, 0.1) is 0 Å². The highest BCUT2D eigenvalue weighted by molar-refractivity contribution is 6.14. The SMILES string of the molecule is c1ccc(-c2ccccc2N(c2ccc(-c3ccc4c(c3)C3(c5ccccc5-c5ccccc53)c3ccccc3-4)cc2)c2cccc3oc4ccccc4c23)cc1. The van der Waals surface area contributed by atoms with Crippen molar-refractivity contribution in [3.8, 4) is 44.5 Å². The van der Waals surface area contributed by atoms with Gasteiger partial charge in [-0.1, -0.05) is 170 Å². The fourth-order valence-corrected chi connectivity index (χ4v) is 9.96. The minimum atomic E-state index is -0.376. The van der Waals surface area contributed by atoms with Gasteiger partial charge in [0.05, 0.1) is 22.2 Å². The van der Waals surface area contributed by atoms with E-state index in [1.807, 2.05) is 6.07 Å². The Bertz CT molecular complexity index is 3130. The van der Waals surface area contributed by atoms with Gasteiger partial charge < -0.3 is 9.32 Å². The molecule has 1 heterocycles. The third kappa shape index (κ3) is 4.53. The van der Waals surface area contributed by atoms with E-state index in [-0.39, 0.29) is 5.41 Å². The number of para-hydroxylation sites is 2. The molecule has 2 nitrogen and oxygen atoms in total. The number of anilines is 3. The minimum absolute atomic E-state index is 0.376. The Hall–Kier alpha value is -7.42. The second kappa shape index (κ2) is 12.3.